The monoisotopic (exact) mass is 385 g/mol. The van der Waals surface area contributed by atoms with E-state index >= 15 is 0 Å². The van der Waals surface area contributed by atoms with E-state index in [4.69, 9.17) is 9.15 Å². The standard InChI is InChI=1S/C20H23N3O5/c24-17(23-20(26)22-15-8-4-5-9-15)13-27-19(25)11-10-18-21-12-16(28-18)14-6-2-1-3-7-14/h1-3,6-7,12,15H,4-5,8-11,13H2,(H2,22,23,24,26). The highest BCUT2D eigenvalue weighted by atomic mass is 16.5. The highest BCUT2D eigenvalue weighted by Crippen LogP contribution is 2.20. The summed E-state index contributed by atoms with van der Waals surface area (Å²) in [6.07, 6.45) is 5.88. The molecule has 3 rings (SSSR count). The lowest BCUT2D eigenvalue weighted by Gasteiger charge is -2.12. The Morgan fingerprint density at radius 1 is 1.14 bits per heavy atom. The van der Waals surface area contributed by atoms with Gasteiger partial charge in [0, 0.05) is 18.0 Å². The number of ether oxygens (including phenoxy) is 1. The number of nitrogens with zero attached hydrogens (tertiary/aromatic N) is 1. The van der Waals surface area contributed by atoms with Crippen molar-refractivity contribution in [3.05, 3.63) is 42.4 Å². The predicted molar refractivity (Wildman–Crippen MR) is 100 cm³/mol. The normalized spacial score (nSPS) is 13.9. The van der Waals surface area contributed by atoms with Crippen molar-refractivity contribution >= 4 is 17.9 Å². The van der Waals surface area contributed by atoms with Gasteiger partial charge >= 0.3 is 12.0 Å². The van der Waals surface area contributed by atoms with Gasteiger partial charge in [0.05, 0.1) is 12.6 Å². The van der Waals surface area contributed by atoms with Crippen LogP contribution in [0.3, 0.4) is 0 Å². The summed E-state index contributed by atoms with van der Waals surface area (Å²) in [7, 11) is 0. The van der Waals surface area contributed by atoms with E-state index in [1.54, 1.807) is 6.20 Å². The van der Waals surface area contributed by atoms with Crippen molar-refractivity contribution in [3.8, 4) is 11.3 Å². The smallest absolute Gasteiger partial charge is 0.321 e. The highest BCUT2D eigenvalue weighted by molar-refractivity contribution is 5.95. The van der Waals surface area contributed by atoms with Crippen molar-refractivity contribution in [1.82, 2.24) is 15.6 Å². The van der Waals surface area contributed by atoms with Crippen LogP contribution in [0, 0.1) is 0 Å². The first-order valence-corrected chi connectivity index (χ1v) is 9.36. The Labute approximate surface area is 162 Å². The number of esters is 1. The molecular weight excluding hydrogens is 362 g/mol. The predicted octanol–water partition coefficient (Wildman–Crippen LogP) is 2.59. The Hall–Kier alpha value is -3.16. The summed E-state index contributed by atoms with van der Waals surface area (Å²) >= 11 is 0. The number of rotatable bonds is 7. The third-order valence-electron chi connectivity index (χ3n) is 4.46. The number of imide groups is 1. The number of benzene rings is 1. The van der Waals surface area contributed by atoms with Crippen LogP contribution in [0.2, 0.25) is 0 Å². The molecule has 1 heterocycles. The van der Waals surface area contributed by atoms with Crippen molar-refractivity contribution < 1.29 is 23.5 Å². The molecule has 1 fully saturated rings. The van der Waals surface area contributed by atoms with Crippen molar-refractivity contribution in [3.63, 3.8) is 0 Å². The quantitative estimate of drug-likeness (QED) is 0.709. The van der Waals surface area contributed by atoms with Crippen LogP contribution in [0.4, 0.5) is 4.79 Å². The molecule has 8 heteroatoms. The number of hydrogen-bond acceptors (Lipinski definition) is 6. The minimum atomic E-state index is -0.661. The maximum absolute atomic E-state index is 11.8. The summed E-state index contributed by atoms with van der Waals surface area (Å²) in [5, 5.41) is 4.89. The molecule has 148 valence electrons. The Morgan fingerprint density at radius 3 is 2.64 bits per heavy atom. The van der Waals surface area contributed by atoms with Crippen LogP contribution in [0.1, 0.15) is 38.0 Å². The van der Waals surface area contributed by atoms with Crippen molar-refractivity contribution in [2.75, 3.05) is 6.61 Å². The molecule has 0 bridgehead atoms. The Kier molecular flexibility index (Phi) is 6.78. The van der Waals surface area contributed by atoms with Crippen LogP contribution in [-0.2, 0) is 20.7 Å². The summed E-state index contributed by atoms with van der Waals surface area (Å²) in [5.41, 5.74) is 0.899. The molecule has 0 atom stereocenters. The minimum Gasteiger partial charge on any atom is -0.456 e. The summed E-state index contributed by atoms with van der Waals surface area (Å²) < 4.78 is 10.5. The second-order valence-electron chi connectivity index (χ2n) is 6.65. The van der Waals surface area contributed by atoms with Gasteiger partial charge in [0.25, 0.3) is 5.91 Å². The van der Waals surface area contributed by atoms with Crippen molar-refractivity contribution in [2.45, 2.75) is 44.6 Å². The SMILES string of the molecule is O=C(COC(=O)CCc1ncc(-c2ccccc2)o1)NC(=O)NC1CCCC1. The first kappa shape index (κ1) is 19.6. The summed E-state index contributed by atoms with van der Waals surface area (Å²) in [6, 6.07) is 9.06. The zero-order chi connectivity index (χ0) is 19.8. The molecule has 3 amide bonds. The van der Waals surface area contributed by atoms with Gasteiger partial charge in [0.15, 0.2) is 18.3 Å². The van der Waals surface area contributed by atoms with Gasteiger partial charge in [-0.15, -0.1) is 0 Å². The summed E-state index contributed by atoms with van der Waals surface area (Å²) in [5.74, 6) is -0.190. The van der Waals surface area contributed by atoms with E-state index in [2.05, 4.69) is 15.6 Å². The molecule has 0 unspecified atom stereocenters. The Morgan fingerprint density at radius 2 is 1.89 bits per heavy atom. The number of oxazole rings is 1. The van der Waals surface area contributed by atoms with Crippen molar-refractivity contribution in [2.24, 2.45) is 0 Å². The molecular formula is C20H23N3O5. The van der Waals surface area contributed by atoms with Crippen LogP contribution in [0.5, 0.6) is 0 Å². The van der Waals surface area contributed by atoms with Gasteiger partial charge in [0.2, 0.25) is 0 Å². The summed E-state index contributed by atoms with van der Waals surface area (Å²) in [4.78, 5) is 39.3. The molecule has 2 aromatic rings. The maximum atomic E-state index is 11.8. The molecule has 0 spiro atoms. The van der Waals surface area contributed by atoms with E-state index in [1.165, 1.54) is 0 Å². The van der Waals surface area contributed by atoms with E-state index < -0.39 is 24.5 Å². The number of urea groups is 1. The maximum Gasteiger partial charge on any atom is 0.321 e. The molecule has 0 aliphatic heterocycles. The molecule has 1 aromatic carbocycles. The van der Waals surface area contributed by atoms with Crippen LogP contribution in [-0.4, -0.2) is 35.5 Å². The van der Waals surface area contributed by atoms with Crippen LogP contribution in [0.15, 0.2) is 40.9 Å². The first-order chi connectivity index (χ1) is 13.6. The van der Waals surface area contributed by atoms with E-state index in [0.29, 0.717) is 11.7 Å². The first-order valence-electron chi connectivity index (χ1n) is 9.36. The molecule has 1 aromatic heterocycles. The molecule has 8 nitrogen and oxygen atoms in total. The Bertz CT molecular complexity index is 812. The second-order valence-corrected chi connectivity index (χ2v) is 6.65. The van der Waals surface area contributed by atoms with Gasteiger partial charge < -0.3 is 14.5 Å². The molecule has 1 aliphatic rings. The third kappa shape index (κ3) is 5.94. The lowest BCUT2D eigenvalue weighted by molar-refractivity contribution is -0.148. The number of carbonyl (C=O) groups is 3. The zero-order valence-corrected chi connectivity index (χ0v) is 15.5. The lowest BCUT2D eigenvalue weighted by Crippen LogP contribution is -2.45. The average molecular weight is 385 g/mol. The fourth-order valence-corrected chi connectivity index (χ4v) is 3.04. The number of aryl methyl sites for hydroxylation is 1. The van der Waals surface area contributed by atoms with E-state index in [9.17, 15) is 14.4 Å². The molecule has 2 N–H and O–H groups in total. The van der Waals surface area contributed by atoms with Crippen LogP contribution < -0.4 is 10.6 Å². The fourth-order valence-electron chi connectivity index (χ4n) is 3.04. The van der Waals surface area contributed by atoms with Crippen LogP contribution >= 0.6 is 0 Å². The van der Waals surface area contributed by atoms with E-state index in [-0.39, 0.29) is 18.9 Å². The van der Waals surface area contributed by atoms with Gasteiger partial charge in [-0.3, -0.25) is 14.9 Å². The van der Waals surface area contributed by atoms with Gasteiger partial charge in [-0.1, -0.05) is 43.2 Å². The van der Waals surface area contributed by atoms with Crippen molar-refractivity contribution in [1.29, 1.82) is 0 Å². The second kappa shape index (κ2) is 9.68. The zero-order valence-electron chi connectivity index (χ0n) is 15.5. The molecule has 0 radical (unpaired) electrons. The van der Waals surface area contributed by atoms with E-state index in [0.717, 1.165) is 31.2 Å². The Balaban J connectivity index is 1.34. The molecule has 0 saturated heterocycles. The largest absolute Gasteiger partial charge is 0.456 e. The summed E-state index contributed by atoms with van der Waals surface area (Å²) in [6.45, 7) is -0.502. The topological polar surface area (TPSA) is 111 Å². The minimum absolute atomic E-state index is 0.0241. The van der Waals surface area contributed by atoms with Gasteiger partial charge in [-0.05, 0) is 12.8 Å². The number of amides is 3. The number of aromatic nitrogens is 1. The number of nitrogens with one attached hydrogen (secondary N) is 2. The lowest BCUT2D eigenvalue weighted by atomic mass is 10.2. The third-order valence-corrected chi connectivity index (χ3v) is 4.46. The number of carbonyl (C=O) groups excluding carboxylic acids is 3. The fraction of sp³-hybridized carbons (Fsp3) is 0.400. The van der Waals surface area contributed by atoms with E-state index in [1.807, 2.05) is 30.3 Å². The average Bonchev–Trinajstić information content (AvgIpc) is 3.37. The highest BCUT2D eigenvalue weighted by Gasteiger charge is 2.18. The number of hydrogen-bond donors (Lipinski definition) is 2. The van der Waals surface area contributed by atoms with Gasteiger partial charge in [-0.25, -0.2) is 9.78 Å². The molecule has 1 saturated carbocycles. The van der Waals surface area contributed by atoms with Crippen LogP contribution in [0.25, 0.3) is 11.3 Å². The van der Waals surface area contributed by atoms with Gasteiger partial charge in [0.1, 0.15) is 0 Å². The molecule has 28 heavy (non-hydrogen) atoms. The molecule has 1 aliphatic carbocycles. The van der Waals surface area contributed by atoms with Gasteiger partial charge in [-0.2, -0.15) is 0 Å².